The van der Waals surface area contributed by atoms with Crippen LogP contribution in [0.2, 0.25) is 0 Å². The van der Waals surface area contributed by atoms with Gasteiger partial charge in [-0.2, -0.15) is 0 Å². The molecular formula is C14H18O7. The van der Waals surface area contributed by atoms with Crippen molar-refractivity contribution in [1.29, 1.82) is 0 Å². The summed E-state index contributed by atoms with van der Waals surface area (Å²) >= 11 is 0. The lowest BCUT2D eigenvalue weighted by atomic mass is 9.87. The van der Waals surface area contributed by atoms with Crippen LogP contribution < -0.4 is 0 Å². The van der Waals surface area contributed by atoms with E-state index < -0.39 is 41.3 Å². The molecule has 0 radical (unpaired) electrons. The summed E-state index contributed by atoms with van der Waals surface area (Å²) in [6.45, 7) is 8.23. The van der Waals surface area contributed by atoms with Crippen molar-refractivity contribution in [2.45, 2.75) is 50.8 Å². The van der Waals surface area contributed by atoms with Gasteiger partial charge in [-0.3, -0.25) is 9.59 Å². The number of carbonyl (C=O) groups excluding carboxylic acids is 3. The van der Waals surface area contributed by atoms with E-state index in [1.807, 2.05) is 0 Å². The van der Waals surface area contributed by atoms with Crippen LogP contribution in [0.3, 0.4) is 0 Å². The first-order valence-electron chi connectivity index (χ1n) is 6.59. The first-order chi connectivity index (χ1) is 9.72. The minimum Gasteiger partial charge on any atom is -0.449 e. The molecule has 3 atom stereocenters. The van der Waals surface area contributed by atoms with Gasteiger partial charge in [-0.1, -0.05) is 6.08 Å². The maximum absolute atomic E-state index is 12.2. The molecule has 21 heavy (non-hydrogen) atoms. The van der Waals surface area contributed by atoms with E-state index in [-0.39, 0.29) is 13.0 Å². The Hall–Kier alpha value is -1.73. The summed E-state index contributed by atoms with van der Waals surface area (Å²) in [5.41, 5.74) is -1.74. The van der Waals surface area contributed by atoms with Gasteiger partial charge in [0, 0.05) is 13.3 Å². The SMILES string of the molecule is C=CC[C@@]1(OC(C)=O)C(=O)C(=O)O[C@@H]1[C@@H]1COC(C)(C)O1. The minimum absolute atomic E-state index is 0.0396. The standard InChI is InChI=1S/C14H18O7/c1-5-6-14(20-8(2)15)10(16)12(17)19-11(14)9-7-18-13(3,4)21-9/h5,9,11H,1,6-7H2,2-4H3/t9-,11+,14+/m0/s1. The zero-order valence-corrected chi connectivity index (χ0v) is 12.2. The van der Waals surface area contributed by atoms with E-state index in [4.69, 9.17) is 18.9 Å². The predicted octanol–water partition coefficient (Wildman–Crippen LogP) is 0.510. The van der Waals surface area contributed by atoms with Crippen molar-refractivity contribution in [2.75, 3.05) is 6.61 Å². The number of esters is 2. The smallest absolute Gasteiger partial charge is 0.379 e. The predicted molar refractivity (Wildman–Crippen MR) is 69.1 cm³/mol. The molecule has 2 rings (SSSR count). The number of hydrogen-bond donors (Lipinski definition) is 0. The fourth-order valence-corrected chi connectivity index (χ4v) is 2.63. The second kappa shape index (κ2) is 5.23. The monoisotopic (exact) mass is 298 g/mol. The number of cyclic esters (lactones) is 1. The summed E-state index contributed by atoms with van der Waals surface area (Å²) in [7, 11) is 0. The van der Waals surface area contributed by atoms with Gasteiger partial charge in [0.25, 0.3) is 5.78 Å². The topological polar surface area (TPSA) is 88.1 Å². The molecule has 0 amide bonds. The highest BCUT2D eigenvalue weighted by Gasteiger charge is 2.63. The molecule has 0 aromatic carbocycles. The Morgan fingerprint density at radius 1 is 1.48 bits per heavy atom. The average molecular weight is 298 g/mol. The quantitative estimate of drug-likeness (QED) is 0.424. The molecule has 7 nitrogen and oxygen atoms in total. The molecule has 2 aliphatic rings. The zero-order valence-electron chi connectivity index (χ0n) is 12.2. The van der Waals surface area contributed by atoms with Crippen molar-refractivity contribution < 1.29 is 33.3 Å². The van der Waals surface area contributed by atoms with Gasteiger partial charge in [0.1, 0.15) is 6.10 Å². The van der Waals surface area contributed by atoms with E-state index in [9.17, 15) is 14.4 Å². The number of ketones is 1. The summed E-state index contributed by atoms with van der Waals surface area (Å²) in [5, 5.41) is 0. The molecule has 7 heteroatoms. The van der Waals surface area contributed by atoms with Crippen LogP contribution in [0.25, 0.3) is 0 Å². The van der Waals surface area contributed by atoms with E-state index in [1.54, 1.807) is 13.8 Å². The summed E-state index contributed by atoms with van der Waals surface area (Å²) < 4.78 is 21.3. The van der Waals surface area contributed by atoms with E-state index >= 15 is 0 Å². The number of hydrogen-bond acceptors (Lipinski definition) is 7. The van der Waals surface area contributed by atoms with Crippen molar-refractivity contribution in [3.8, 4) is 0 Å². The van der Waals surface area contributed by atoms with Gasteiger partial charge in [-0.25, -0.2) is 4.79 Å². The highest BCUT2D eigenvalue weighted by atomic mass is 16.8. The zero-order chi connectivity index (χ0) is 15.8. The van der Waals surface area contributed by atoms with Crippen LogP contribution >= 0.6 is 0 Å². The Balaban J connectivity index is 2.36. The lowest BCUT2D eigenvalue weighted by Gasteiger charge is -2.32. The molecule has 2 aliphatic heterocycles. The molecule has 2 saturated heterocycles. The lowest BCUT2D eigenvalue weighted by Crippen LogP contribution is -2.53. The number of carbonyl (C=O) groups is 3. The van der Waals surface area contributed by atoms with Crippen molar-refractivity contribution in [1.82, 2.24) is 0 Å². The van der Waals surface area contributed by atoms with Crippen LogP contribution in [0.1, 0.15) is 27.2 Å². The van der Waals surface area contributed by atoms with Gasteiger partial charge >= 0.3 is 11.9 Å². The van der Waals surface area contributed by atoms with Crippen molar-refractivity contribution in [3.63, 3.8) is 0 Å². The second-order valence-electron chi connectivity index (χ2n) is 5.50. The molecule has 0 unspecified atom stereocenters. The molecule has 0 N–H and O–H groups in total. The largest absolute Gasteiger partial charge is 0.449 e. The Labute approximate surface area is 122 Å². The van der Waals surface area contributed by atoms with E-state index in [0.29, 0.717) is 0 Å². The van der Waals surface area contributed by atoms with Gasteiger partial charge in [-0.05, 0) is 13.8 Å². The number of Topliss-reactive ketones (excluding diaryl/α,β-unsaturated/α-hetero) is 1. The Morgan fingerprint density at radius 2 is 2.14 bits per heavy atom. The van der Waals surface area contributed by atoms with Gasteiger partial charge in [0.05, 0.1) is 6.61 Å². The van der Waals surface area contributed by atoms with Crippen molar-refractivity contribution in [3.05, 3.63) is 12.7 Å². The molecule has 0 aromatic heterocycles. The van der Waals surface area contributed by atoms with Crippen LogP contribution in [-0.4, -0.2) is 47.9 Å². The molecule has 0 bridgehead atoms. The molecule has 2 fully saturated rings. The number of ether oxygens (including phenoxy) is 4. The Bertz CT molecular complexity index is 496. The summed E-state index contributed by atoms with van der Waals surface area (Å²) in [6.07, 6.45) is -0.394. The third-order valence-corrected chi connectivity index (χ3v) is 3.40. The van der Waals surface area contributed by atoms with Gasteiger partial charge in [0.15, 0.2) is 11.9 Å². The molecule has 2 heterocycles. The molecule has 0 aliphatic carbocycles. The molecule has 116 valence electrons. The minimum atomic E-state index is -1.74. The lowest BCUT2D eigenvalue weighted by molar-refractivity contribution is -0.187. The van der Waals surface area contributed by atoms with Gasteiger partial charge in [0.2, 0.25) is 5.60 Å². The molecule has 0 saturated carbocycles. The first kappa shape index (κ1) is 15.7. The third-order valence-electron chi connectivity index (χ3n) is 3.40. The van der Waals surface area contributed by atoms with Gasteiger partial charge in [-0.15, -0.1) is 6.58 Å². The molecule has 0 aromatic rings. The first-order valence-corrected chi connectivity index (χ1v) is 6.59. The van der Waals surface area contributed by atoms with Crippen LogP contribution in [0.15, 0.2) is 12.7 Å². The Kier molecular flexibility index (Phi) is 3.90. The average Bonchev–Trinajstić information content (AvgIpc) is 2.83. The molecular weight excluding hydrogens is 280 g/mol. The fraction of sp³-hybridized carbons (Fsp3) is 0.643. The highest BCUT2D eigenvalue weighted by Crippen LogP contribution is 2.38. The normalized spacial score (nSPS) is 34.6. The van der Waals surface area contributed by atoms with E-state index in [2.05, 4.69) is 6.58 Å². The van der Waals surface area contributed by atoms with E-state index in [0.717, 1.165) is 6.92 Å². The van der Waals surface area contributed by atoms with Crippen molar-refractivity contribution >= 4 is 17.7 Å². The van der Waals surface area contributed by atoms with Crippen LogP contribution in [0.4, 0.5) is 0 Å². The van der Waals surface area contributed by atoms with E-state index in [1.165, 1.54) is 6.08 Å². The number of rotatable bonds is 4. The van der Waals surface area contributed by atoms with Crippen molar-refractivity contribution in [2.24, 2.45) is 0 Å². The highest BCUT2D eigenvalue weighted by molar-refractivity contribution is 6.39. The second-order valence-corrected chi connectivity index (χ2v) is 5.50. The Morgan fingerprint density at radius 3 is 2.62 bits per heavy atom. The summed E-state index contributed by atoms with van der Waals surface area (Å²) in [4.78, 5) is 35.2. The summed E-state index contributed by atoms with van der Waals surface area (Å²) in [6, 6.07) is 0. The fourth-order valence-electron chi connectivity index (χ4n) is 2.63. The van der Waals surface area contributed by atoms with Crippen LogP contribution in [-0.2, 0) is 33.3 Å². The van der Waals surface area contributed by atoms with Gasteiger partial charge < -0.3 is 18.9 Å². The van der Waals surface area contributed by atoms with Crippen LogP contribution in [0, 0.1) is 0 Å². The third kappa shape index (κ3) is 2.71. The maximum atomic E-state index is 12.2. The van der Waals surface area contributed by atoms with Crippen LogP contribution in [0.5, 0.6) is 0 Å². The maximum Gasteiger partial charge on any atom is 0.379 e. The molecule has 0 spiro atoms. The summed E-state index contributed by atoms with van der Waals surface area (Å²) in [5.74, 6) is -3.50.